The average molecular weight is 212 g/mol. The summed E-state index contributed by atoms with van der Waals surface area (Å²) in [5, 5.41) is 0. The van der Waals surface area contributed by atoms with E-state index in [0.29, 0.717) is 0 Å². The second kappa shape index (κ2) is 6.68. The summed E-state index contributed by atoms with van der Waals surface area (Å²) in [6.45, 7) is 1.53. The van der Waals surface area contributed by atoms with Crippen molar-refractivity contribution in [1.29, 1.82) is 0 Å². The number of aromatic nitrogens is 1. The summed E-state index contributed by atoms with van der Waals surface area (Å²) in [4.78, 5) is 11.3. The minimum atomic E-state index is 0.0759. The molecular formula is C10H16N2OS. The van der Waals surface area contributed by atoms with Crippen LogP contribution in [0, 0.1) is 0 Å². The molecule has 1 heterocycles. The molecule has 0 amide bonds. The number of hydrogen-bond acceptors (Lipinski definition) is 3. The van der Waals surface area contributed by atoms with E-state index in [1.165, 1.54) is 0 Å². The lowest BCUT2D eigenvalue weighted by molar-refractivity contribution is 0.734. The molecule has 0 aliphatic carbocycles. The number of aryl methyl sites for hydroxylation is 1. The first-order valence-corrected chi connectivity index (χ1v) is 5.93. The molecule has 0 bridgehead atoms. The molecule has 0 atom stereocenters. The molecular weight excluding hydrogens is 196 g/mol. The fourth-order valence-electron chi connectivity index (χ4n) is 1.10. The third-order valence-electron chi connectivity index (χ3n) is 1.87. The maximum atomic E-state index is 11.3. The van der Waals surface area contributed by atoms with Crippen molar-refractivity contribution in [1.82, 2.24) is 4.57 Å². The first kappa shape index (κ1) is 11.3. The van der Waals surface area contributed by atoms with Gasteiger partial charge in [0.2, 0.25) is 0 Å². The van der Waals surface area contributed by atoms with Gasteiger partial charge in [0, 0.05) is 24.6 Å². The Bertz CT molecular complexity index is 311. The Labute approximate surface area is 88.3 Å². The SMILES string of the molecule is NCCCSCCn1ccccc1=O. The van der Waals surface area contributed by atoms with E-state index in [2.05, 4.69) is 0 Å². The van der Waals surface area contributed by atoms with Gasteiger partial charge in [-0.1, -0.05) is 6.07 Å². The van der Waals surface area contributed by atoms with Gasteiger partial charge in [-0.15, -0.1) is 0 Å². The molecule has 14 heavy (non-hydrogen) atoms. The second-order valence-electron chi connectivity index (χ2n) is 2.99. The van der Waals surface area contributed by atoms with Crippen LogP contribution in [0.2, 0.25) is 0 Å². The Morgan fingerprint density at radius 1 is 1.36 bits per heavy atom. The lowest BCUT2D eigenvalue weighted by atomic mass is 10.5. The van der Waals surface area contributed by atoms with Crippen molar-refractivity contribution in [3.63, 3.8) is 0 Å². The van der Waals surface area contributed by atoms with Crippen molar-refractivity contribution in [3.05, 3.63) is 34.7 Å². The zero-order valence-electron chi connectivity index (χ0n) is 8.19. The summed E-state index contributed by atoms with van der Waals surface area (Å²) in [5.41, 5.74) is 5.45. The molecule has 4 heteroatoms. The van der Waals surface area contributed by atoms with Gasteiger partial charge < -0.3 is 10.3 Å². The standard InChI is InChI=1S/C10H16N2OS/c11-5-3-8-14-9-7-12-6-2-1-4-10(12)13/h1-2,4,6H,3,5,7-9,11H2. The van der Waals surface area contributed by atoms with Crippen LogP contribution < -0.4 is 11.3 Å². The minimum absolute atomic E-state index is 0.0759. The molecule has 0 aliphatic rings. The van der Waals surface area contributed by atoms with E-state index in [9.17, 15) is 4.79 Å². The van der Waals surface area contributed by atoms with E-state index >= 15 is 0 Å². The van der Waals surface area contributed by atoms with Crippen molar-refractivity contribution < 1.29 is 0 Å². The number of thioether (sulfide) groups is 1. The van der Waals surface area contributed by atoms with Gasteiger partial charge in [-0.25, -0.2) is 0 Å². The van der Waals surface area contributed by atoms with Crippen LogP contribution in [-0.4, -0.2) is 22.6 Å². The maximum absolute atomic E-state index is 11.3. The maximum Gasteiger partial charge on any atom is 0.250 e. The van der Waals surface area contributed by atoms with E-state index in [1.54, 1.807) is 16.7 Å². The first-order valence-electron chi connectivity index (χ1n) is 4.78. The van der Waals surface area contributed by atoms with Gasteiger partial charge in [0.15, 0.2) is 0 Å². The Kier molecular flexibility index (Phi) is 5.40. The van der Waals surface area contributed by atoms with Crippen LogP contribution in [0.1, 0.15) is 6.42 Å². The summed E-state index contributed by atoms with van der Waals surface area (Å²) in [6.07, 6.45) is 2.88. The molecule has 78 valence electrons. The lowest BCUT2D eigenvalue weighted by Crippen LogP contribution is -2.18. The zero-order chi connectivity index (χ0) is 10.2. The van der Waals surface area contributed by atoms with Crippen molar-refractivity contribution in [2.45, 2.75) is 13.0 Å². The summed E-state index contributed by atoms with van der Waals surface area (Å²) in [7, 11) is 0. The molecule has 1 aromatic heterocycles. The molecule has 0 spiro atoms. The Hall–Kier alpha value is -0.740. The molecule has 0 fully saturated rings. The van der Waals surface area contributed by atoms with Gasteiger partial charge in [0.1, 0.15) is 0 Å². The van der Waals surface area contributed by atoms with Gasteiger partial charge in [-0.3, -0.25) is 4.79 Å². The topological polar surface area (TPSA) is 48.0 Å². The highest BCUT2D eigenvalue weighted by Crippen LogP contribution is 2.01. The van der Waals surface area contributed by atoms with Crippen LogP contribution in [0.4, 0.5) is 0 Å². The number of nitrogens with zero attached hydrogens (tertiary/aromatic N) is 1. The van der Waals surface area contributed by atoms with E-state index in [1.807, 2.05) is 24.0 Å². The molecule has 0 unspecified atom stereocenters. The van der Waals surface area contributed by atoms with Crippen LogP contribution in [0.3, 0.4) is 0 Å². The molecule has 0 saturated carbocycles. The van der Waals surface area contributed by atoms with Crippen LogP contribution in [0.15, 0.2) is 29.2 Å². The summed E-state index contributed by atoms with van der Waals surface area (Å²) >= 11 is 1.84. The quantitative estimate of drug-likeness (QED) is 0.714. The van der Waals surface area contributed by atoms with Crippen LogP contribution in [-0.2, 0) is 6.54 Å². The Morgan fingerprint density at radius 3 is 2.93 bits per heavy atom. The summed E-state index contributed by atoms with van der Waals surface area (Å²) in [5.74, 6) is 2.06. The predicted octanol–water partition coefficient (Wildman–Crippen LogP) is 0.930. The predicted molar refractivity (Wildman–Crippen MR) is 61.7 cm³/mol. The monoisotopic (exact) mass is 212 g/mol. The fourth-order valence-corrected chi connectivity index (χ4v) is 2.00. The second-order valence-corrected chi connectivity index (χ2v) is 4.21. The molecule has 1 aromatic rings. The molecule has 0 aromatic carbocycles. The largest absolute Gasteiger partial charge is 0.330 e. The first-order chi connectivity index (χ1) is 6.84. The van der Waals surface area contributed by atoms with Gasteiger partial charge >= 0.3 is 0 Å². The number of hydrogen-bond donors (Lipinski definition) is 1. The molecule has 0 radical (unpaired) electrons. The number of pyridine rings is 1. The average Bonchev–Trinajstić information content (AvgIpc) is 2.20. The smallest absolute Gasteiger partial charge is 0.250 e. The van der Waals surface area contributed by atoms with Crippen LogP contribution in [0.25, 0.3) is 0 Å². The molecule has 0 saturated heterocycles. The van der Waals surface area contributed by atoms with E-state index in [4.69, 9.17) is 5.73 Å². The summed E-state index contributed by atoms with van der Waals surface area (Å²) < 4.78 is 1.73. The molecule has 0 aliphatic heterocycles. The lowest BCUT2D eigenvalue weighted by Gasteiger charge is -2.03. The highest BCUT2D eigenvalue weighted by molar-refractivity contribution is 7.99. The van der Waals surface area contributed by atoms with Gasteiger partial charge in [-0.05, 0) is 24.8 Å². The molecule has 2 N–H and O–H groups in total. The van der Waals surface area contributed by atoms with Crippen LogP contribution in [0.5, 0.6) is 0 Å². The van der Waals surface area contributed by atoms with Crippen molar-refractivity contribution in [2.24, 2.45) is 5.73 Å². The number of nitrogens with two attached hydrogens (primary N) is 1. The highest BCUT2D eigenvalue weighted by Gasteiger charge is 1.93. The van der Waals surface area contributed by atoms with E-state index in [-0.39, 0.29) is 5.56 Å². The molecule has 3 nitrogen and oxygen atoms in total. The van der Waals surface area contributed by atoms with E-state index < -0.39 is 0 Å². The van der Waals surface area contributed by atoms with Gasteiger partial charge in [-0.2, -0.15) is 11.8 Å². The normalized spacial score (nSPS) is 10.4. The fraction of sp³-hybridized carbons (Fsp3) is 0.500. The van der Waals surface area contributed by atoms with Gasteiger partial charge in [0.25, 0.3) is 5.56 Å². The van der Waals surface area contributed by atoms with Gasteiger partial charge in [0.05, 0.1) is 0 Å². The third kappa shape index (κ3) is 3.98. The number of rotatable bonds is 6. The highest BCUT2D eigenvalue weighted by atomic mass is 32.2. The molecule has 1 rings (SSSR count). The van der Waals surface area contributed by atoms with Crippen LogP contribution >= 0.6 is 11.8 Å². The van der Waals surface area contributed by atoms with E-state index in [0.717, 1.165) is 31.0 Å². The van der Waals surface area contributed by atoms with Crippen molar-refractivity contribution in [2.75, 3.05) is 18.1 Å². The zero-order valence-corrected chi connectivity index (χ0v) is 9.00. The minimum Gasteiger partial charge on any atom is -0.330 e. The third-order valence-corrected chi connectivity index (χ3v) is 2.92. The Balaban J connectivity index is 2.25. The Morgan fingerprint density at radius 2 is 2.21 bits per heavy atom. The summed E-state index contributed by atoms with van der Waals surface area (Å²) in [6, 6.07) is 5.23. The van der Waals surface area contributed by atoms with Crippen molar-refractivity contribution in [3.8, 4) is 0 Å². The van der Waals surface area contributed by atoms with Crippen molar-refractivity contribution >= 4 is 11.8 Å².